The van der Waals surface area contributed by atoms with E-state index in [1.807, 2.05) is 0 Å². The molecular formula is C3H6F3LiO. The zero-order valence-electron chi connectivity index (χ0n) is 3.75. The van der Waals surface area contributed by atoms with Crippen molar-refractivity contribution < 1.29 is 17.9 Å². The number of hydrogen-bond acceptors (Lipinski definition) is 1. The first-order valence-electron chi connectivity index (χ1n) is 1.77. The van der Waals surface area contributed by atoms with E-state index in [2.05, 4.69) is 4.74 Å². The first-order valence-corrected chi connectivity index (χ1v) is 1.77. The molecule has 8 heavy (non-hydrogen) atoms. The zero-order chi connectivity index (χ0) is 5.91. The molecule has 0 spiro atoms. The van der Waals surface area contributed by atoms with Crippen LogP contribution in [0.1, 0.15) is 6.92 Å². The fraction of sp³-hybridized carbons (Fsp3) is 1.00. The average molecular weight is 122 g/mol. The van der Waals surface area contributed by atoms with Gasteiger partial charge in [-0.05, 0) is 6.92 Å². The Kier molecular flexibility index (Phi) is 5.94. The summed E-state index contributed by atoms with van der Waals surface area (Å²) < 4.78 is 35.7. The Morgan fingerprint density at radius 1 is 1.38 bits per heavy atom. The van der Waals surface area contributed by atoms with E-state index in [4.69, 9.17) is 0 Å². The van der Waals surface area contributed by atoms with Gasteiger partial charge in [0.1, 0.15) is 0 Å². The third-order valence-electron chi connectivity index (χ3n) is 0.308. The van der Waals surface area contributed by atoms with Crippen LogP contribution in [0.15, 0.2) is 0 Å². The molecular weight excluding hydrogens is 116 g/mol. The van der Waals surface area contributed by atoms with Crippen molar-refractivity contribution in [1.29, 1.82) is 0 Å². The molecule has 0 N–H and O–H groups in total. The van der Waals surface area contributed by atoms with E-state index in [0.717, 1.165) is 0 Å². The SMILES string of the molecule is CCOC(F)(F)F.[LiH]. The number of alkyl halides is 3. The topological polar surface area (TPSA) is 9.23 Å². The van der Waals surface area contributed by atoms with Crippen molar-refractivity contribution in [1.82, 2.24) is 0 Å². The van der Waals surface area contributed by atoms with Gasteiger partial charge in [0.05, 0.1) is 6.61 Å². The van der Waals surface area contributed by atoms with E-state index in [-0.39, 0.29) is 25.5 Å². The summed E-state index contributed by atoms with van der Waals surface area (Å²) in [5.41, 5.74) is 0. The molecule has 0 aliphatic carbocycles. The van der Waals surface area contributed by atoms with Gasteiger partial charge in [-0.3, -0.25) is 4.74 Å². The van der Waals surface area contributed by atoms with Gasteiger partial charge in [-0.25, -0.2) is 0 Å². The van der Waals surface area contributed by atoms with Crippen LogP contribution < -0.4 is 0 Å². The first kappa shape index (κ1) is 11.2. The summed E-state index contributed by atoms with van der Waals surface area (Å²) in [6.45, 7) is 0.969. The molecule has 0 fully saturated rings. The van der Waals surface area contributed by atoms with E-state index < -0.39 is 6.36 Å². The molecule has 5 heteroatoms. The Labute approximate surface area is 57.4 Å². The fourth-order valence-corrected chi connectivity index (χ4v) is 0.164. The molecule has 0 unspecified atom stereocenters. The third-order valence-corrected chi connectivity index (χ3v) is 0.308. The summed E-state index contributed by atoms with van der Waals surface area (Å²) >= 11 is 0. The van der Waals surface area contributed by atoms with Crippen molar-refractivity contribution in [2.45, 2.75) is 13.3 Å². The number of rotatable bonds is 1. The maximum atomic E-state index is 10.8. The van der Waals surface area contributed by atoms with E-state index in [1.165, 1.54) is 6.92 Å². The first-order chi connectivity index (χ1) is 3.06. The van der Waals surface area contributed by atoms with Crippen molar-refractivity contribution in [3.8, 4) is 0 Å². The molecule has 0 amide bonds. The van der Waals surface area contributed by atoms with Crippen LogP contribution in [0.3, 0.4) is 0 Å². The molecule has 0 aromatic heterocycles. The Hall–Kier alpha value is 0.347. The molecule has 0 aromatic rings. The number of ether oxygens (including phenoxy) is 1. The second-order valence-electron chi connectivity index (χ2n) is 0.879. The van der Waals surface area contributed by atoms with Crippen molar-refractivity contribution in [3.05, 3.63) is 0 Å². The molecule has 0 saturated heterocycles. The zero-order valence-corrected chi connectivity index (χ0v) is 3.75. The van der Waals surface area contributed by atoms with Crippen molar-refractivity contribution >= 4 is 18.9 Å². The summed E-state index contributed by atoms with van der Waals surface area (Å²) in [4.78, 5) is 0. The van der Waals surface area contributed by atoms with Crippen LogP contribution >= 0.6 is 0 Å². The van der Waals surface area contributed by atoms with Gasteiger partial charge < -0.3 is 0 Å². The second kappa shape index (κ2) is 4.25. The molecule has 0 aliphatic heterocycles. The van der Waals surface area contributed by atoms with Gasteiger partial charge in [-0.1, -0.05) is 0 Å². The molecule has 0 rings (SSSR count). The summed E-state index contributed by atoms with van der Waals surface area (Å²) in [5, 5.41) is 0. The Morgan fingerprint density at radius 3 is 1.75 bits per heavy atom. The monoisotopic (exact) mass is 122 g/mol. The molecule has 46 valence electrons. The number of hydrogen-bond donors (Lipinski definition) is 0. The molecule has 0 atom stereocenters. The summed E-state index contributed by atoms with van der Waals surface area (Å²) in [5.74, 6) is 0. The van der Waals surface area contributed by atoms with E-state index in [1.54, 1.807) is 0 Å². The molecule has 1 nitrogen and oxygen atoms in total. The van der Waals surface area contributed by atoms with Gasteiger partial charge >= 0.3 is 25.2 Å². The van der Waals surface area contributed by atoms with Crippen LogP contribution in [0.2, 0.25) is 0 Å². The van der Waals surface area contributed by atoms with Crippen LogP contribution in [0.4, 0.5) is 13.2 Å². The quantitative estimate of drug-likeness (QED) is 0.469. The summed E-state index contributed by atoms with van der Waals surface area (Å²) in [7, 11) is 0. The van der Waals surface area contributed by atoms with Crippen molar-refractivity contribution in [2.24, 2.45) is 0 Å². The predicted octanol–water partition coefficient (Wildman–Crippen LogP) is 0.894. The Morgan fingerprint density at radius 2 is 1.75 bits per heavy atom. The Bertz CT molecular complexity index is 53.0. The van der Waals surface area contributed by atoms with Crippen LogP contribution in [0.5, 0.6) is 0 Å². The minimum absolute atomic E-state index is 0. The van der Waals surface area contributed by atoms with Gasteiger partial charge in [0.15, 0.2) is 0 Å². The standard InChI is InChI=1S/C3H5F3O.Li.H/c1-2-7-3(4,5)6;;/h2H2,1H3;;. The van der Waals surface area contributed by atoms with Crippen LogP contribution in [-0.2, 0) is 4.74 Å². The summed E-state index contributed by atoms with van der Waals surface area (Å²) in [6.07, 6.45) is -4.45. The van der Waals surface area contributed by atoms with Crippen LogP contribution in [-0.4, -0.2) is 31.8 Å². The predicted molar refractivity (Wildman–Crippen MR) is 24.8 cm³/mol. The maximum absolute atomic E-state index is 10.8. The van der Waals surface area contributed by atoms with Gasteiger partial charge in [0.25, 0.3) is 0 Å². The van der Waals surface area contributed by atoms with Gasteiger partial charge in [-0.2, -0.15) is 0 Å². The molecule has 0 aliphatic rings. The number of halogens is 3. The molecule has 0 aromatic carbocycles. The van der Waals surface area contributed by atoms with E-state index in [0.29, 0.717) is 0 Å². The Balaban J connectivity index is 0. The average Bonchev–Trinajstić information content (AvgIpc) is 1.30. The molecule has 0 saturated carbocycles. The van der Waals surface area contributed by atoms with Gasteiger partial charge in [-0.15, -0.1) is 13.2 Å². The third kappa shape index (κ3) is 9.60. The molecule has 0 radical (unpaired) electrons. The fourth-order valence-electron chi connectivity index (χ4n) is 0.164. The van der Waals surface area contributed by atoms with Gasteiger partial charge in [0.2, 0.25) is 0 Å². The minimum atomic E-state index is -4.45. The second-order valence-corrected chi connectivity index (χ2v) is 0.879. The normalized spacial score (nSPS) is 10.5. The molecule has 0 heterocycles. The van der Waals surface area contributed by atoms with Crippen molar-refractivity contribution in [3.63, 3.8) is 0 Å². The van der Waals surface area contributed by atoms with E-state index >= 15 is 0 Å². The van der Waals surface area contributed by atoms with Crippen molar-refractivity contribution in [2.75, 3.05) is 6.61 Å². The van der Waals surface area contributed by atoms with Gasteiger partial charge in [0, 0.05) is 0 Å². The van der Waals surface area contributed by atoms with Crippen LogP contribution in [0.25, 0.3) is 0 Å². The molecule has 0 bridgehead atoms. The van der Waals surface area contributed by atoms with E-state index in [9.17, 15) is 13.2 Å². The summed E-state index contributed by atoms with van der Waals surface area (Å²) in [6, 6.07) is 0. The van der Waals surface area contributed by atoms with Crippen LogP contribution in [0, 0.1) is 0 Å².